The molecule has 0 aliphatic rings. The van der Waals surface area contributed by atoms with Crippen molar-refractivity contribution in [3.63, 3.8) is 0 Å². The first-order chi connectivity index (χ1) is 14.6. The Bertz CT molecular complexity index is 924. The molecule has 0 aliphatic heterocycles. The maximum Gasteiger partial charge on any atom is 0.261 e. The normalized spacial score (nSPS) is 12.1. The molecule has 0 aliphatic carbocycles. The Morgan fingerprint density at radius 1 is 1.16 bits per heavy atom. The number of halogens is 1. The fraction of sp³-hybridized carbons (Fsp3) is 0.417. The fourth-order valence-electron chi connectivity index (χ4n) is 3.07. The van der Waals surface area contributed by atoms with Crippen molar-refractivity contribution in [2.45, 2.75) is 45.7 Å². The van der Waals surface area contributed by atoms with Crippen LogP contribution in [0.2, 0.25) is 0 Å². The molecule has 0 saturated heterocycles. The number of nitrogens with zero attached hydrogens (tertiary/aromatic N) is 1. The van der Waals surface area contributed by atoms with Gasteiger partial charge in [-0.3, -0.25) is 9.59 Å². The molecule has 0 aromatic heterocycles. The van der Waals surface area contributed by atoms with Crippen LogP contribution in [-0.2, 0) is 21.5 Å². The van der Waals surface area contributed by atoms with E-state index in [0.717, 1.165) is 15.6 Å². The summed E-state index contributed by atoms with van der Waals surface area (Å²) in [5.74, 6) is 0.740. The number of ether oxygens (including phenoxy) is 2. The lowest BCUT2D eigenvalue weighted by Crippen LogP contribution is -2.48. The van der Waals surface area contributed by atoms with Gasteiger partial charge in [-0.15, -0.1) is 0 Å². The number of carbonyl (C=O) groups is 2. The molecule has 0 saturated carbocycles. The van der Waals surface area contributed by atoms with Gasteiger partial charge in [0.2, 0.25) is 5.91 Å². The molecule has 0 radical (unpaired) electrons. The van der Waals surface area contributed by atoms with Crippen LogP contribution >= 0.6 is 15.9 Å². The van der Waals surface area contributed by atoms with Crippen molar-refractivity contribution < 1.29 is 19.1 Å². The minimum atomic E-state index is -0.654. The molecule has 2 rings (SSSR count). The molecular formula is C24H31BrN2O4. The smallest absolute Gasteiger partial charge is 0.261 e. The average molecular weight is 491 g/mol. The highest BCUT2D eigenvalue weighted by Crippen LogP contribution is 2.31. The third kappa shape index (κ3) is 6.72. The van der Waals surface area contributed by atoms with Crippen LogP contribution in [0.3, 0.4) is 0 Å². The Morgan fingerprint density at radius 2 is 1.87 bits per heavy atom. The zero-order valence-corrected chi connectivity index (χ0v) is 20.6. The lowest BCUT2D eigenvalue weighted by atomic mass is 9.87. The minimum absolute atomic E-state index is 0.00730. The van der Waals surface area contributed by atoms with Crippen LogP contribution in [0.5, 0.6) is 11.5 Å². The summed E-state index contributed by atoms with van der Waals surface area (Å²) in [6.07, 6.45) is 0. The van der Waals surface area contributed by atoms with Gasteiger partial charge < -0.3 is 19.7 Å². The number of hydrogen-bond acceptors (Lipinski definition) is 4. The molecule has 1 atom stereocenters. The maximum atomic E-state index is 13.0. The molecule has 31 heavy (non-hydrogen) atoms. The zero-order valence-electron chi connectivity index (χ0n) is 19.0. The summed E-state index contributed by atoms with van der Waals surface area (Å²) in [4.78, 5) is 26.8. The highest BCUT2D eigenvalue weighted by atomic mass is 79.9. The maximum absolute atomic E-state index is 13.0. The standard InChI is InChI=1S/C24H31BrN2O4/c1-16(23(29)26-5)27(14-17-8-7-9-19(12-17)30-6)22(28)15-31-21-11-10-18(13-20(21)25)24(2,3)4/h7-13,16H,14-15H2,1-6H3,(H,26,29)/t16-/m0/s1. The Morgan fingerprint density at radius 3 is 2.45 bits per heavy atom. The second-order valence-electron chi connectivity index (χ2n) is 8.35. The van der Waals surface area contributed by atoms with E-state index >= 15 is 0 Å². The molecule has 0 bridgehead atoms. The summed E-state index contributed by atoms with van der Waals surface area (Å²) in [5, 5.41) is 2.61. The Kier molecular flexibility index (Phi) is 8.51. The van der Waals surface area contributed by atoms with E-state index in [2.05, 4.69) is 42.0 Å². The summed E-state index contributed by atoms with van der Waals surface area (Å²) in [6.45, 7) is 8.18. The molecule has 2 amide bonds. The second kappa shape index (κ2) is 10.7. The quantitative estimate of drug-likeness (QED) is 0.598. The number of hydrogen-bond donors (Lipinski definition) is 1. The van der Waals surface area contributed by atoms with Crippen LogP contribution in [0.15, 0.2) is 46.9 Å². The summed E-state index contributed by atoms with van der Waals surface area (Å²) in [6, 6.07) is 12.6. The lowest BCUT2D eigenvalue weighted by Gasteiger charge is -2.28. The van der Waals surface area contributed by atoms with Crippen molar-refractivity contribution in [2.75, 3.05) is 20.8 Å². The molecule has 6 nitrogen and oxygen atoms in total. The van der Waals surface area contributed by atoms with Crippen LogP contribution in [0.1, 0.15) is 38.8 Å². The third-order valence-electron chi connectivity index (χ3n) is 5.05. The van der Waals surface area contributed by atoms with Gasteiger partial charge in [-0.25, -0.2) is 0 Å². The van der Waals surface area contributed by atoms with E-state index in [1.54, 1.807) is 21.1 Å². The molecule has 1 N–H and O–H groups in total. The van der Waals surface area contributed by atoms with Gasteiger partial charge in [0.1, 0.15) is 17.5 Å². The number of methoxy groups -OCH3 is 1. The molecule has 0 heterocycles. The van der Waals surface area contributed by atoms with E-state index in [1.807, 2.05) is 42.5 Å². The SMILES string of the molecule is CNC(=O)[C@H](C)N(Cc1cccc(OC)c1)C(=O)COc1ccc(C(C)(C)C)cc1Br. The number of nitrogens with one attached hydrogen (secondary N) is 1. The number of rotatable bonds is 8. The van der Waals surface area contributed by atoms with Gasteiger partial charge in [-0.1, -0.05) is 39.0 Å². The molecule has 2 aromatic carbocycles. The Balaban J connectivity index is 2.18. The highest BCUT2D eigenvalue weighted by Gasteiger charge is 2.26. The number of likely N-dealkylation sites (N-methyl/N-ethyl adjacent to an activating group) is 1. The van der Waals surface area contributed by atoms with E-state index in [1.165, 1.54) is 4.90 Å². The van der Waals surface area contributed by atoms with Crippen LogP contribution in [-0.4, -0.2) is 43.5 Å². The van der Waals surface area contributed by atoms with E-state index < -0.39 is 6.04 Å². The summed E-state index contributed by atoms with van der Waals surface area (Å²) in [5.41, 5.74) is 2.03. The summed E-state index contributed by atoms with van der Waals surface area (Å²) < 4.78 is 11.8. The minimum Gasteiger partial charge on any atom is -0.497 e. The predicted molar refractivity (Wildman–Crippen MR) is 125 cm³/mol. The van der Waals surface area contributed by atoms with Crippen molar-refractivity contribution in [1.82, 2.24) is 10.2 Å². The first-order valence-electron chi connectivity index (χ1n) is 10.1. The molecular weight excluding hydrogens is 460 g/mol. The highest BCUT2D eigenvalue weighted by molar-refractivity contribution is 9.10. The fourth-order valence-corrected chi connectivity index (χ4v) is 3.56. The molecule has 0 fully saturated rings. The summed E-state index contributed by atoms with van der Waals surface area (Å²) >= 11 is 3.53. The van der Waals surface area contributed by atoms with Gasteiger partial charge in [-0.2, -0.15) is 0 Å². The van der Waals surface area contributed by atoms with Gasteiger partial charge in [0.15, 0.2) is 6.61 Å². The van der Waals surface area contributed by atoms with Crippen molar-refractivity contribution in [1.29, 1.82) is 0 Å². The van der Waals surface area contributed by atoms with E-state index in [0.29, 0.717) is 11.5 Å². The molecule has 0 spiro atoms. The van der Waals surface area contributed by atoms with Gasteiger partial charge in [0.05, 0.1) is 11.6 Å². The van der Waals surface area contributed by atoms with Crippen LogP contribution in [0.25, 0.3) is 0 Å². The first-order valence-corrected chi connectivity index (χ1v) is 10.9. The van der Waals surface area contributed by atoms with Gasteiger partial charge >= 0.3 is 0 Å². The Labute approximate surface area is 193 Å². The van der Waals surface area contributed by atoms with Crippen molar-refractivity contribution in [3.05, 3.63) is 58.1 Å². The molecule has 7 heteroatoms. The molecule has 0 unspecified atom stereocenters. The number of carbonyl (C=O) groups excluding carboxylic acids is 2. The largest absolute Gasteiger partial charge is 0.497 e. The first kappa shape index (κ1) is 24.7. The number of benzene rings is 2. The van der Waals surface area contributed by atoms with E-state index in [4.69, 9.17) is 9.47 Å². The van der Waals surface area contributed by atoms with E-state index in [9.17, 15) is 9.59 Å². The zero-order chi connectivity index (χ0) is 23.2. The van der Waals surface area contributed by atoms with Crippen LogP contribution in [0, 0.1) is 0 Å². The van der Waals surface area contributed by atoms with Crippen LogP contribution < -0.4 is 14.8 Å². The molecule has 168 valence electrons. The Hall–Kier alpha value is -2.54. The average Bonchev–Trinajstić information content (AvgIpc) is 2.74. The third-order valence-corrected chi connectivity index (χ3v) is 5.67. The second-order valence-corrected chi connectivity index (χ2v) is 9.20. The number of amides is 2. The van der Waals surface area contributed by atoms with Gasteiger partial charge in [0, 0.05) is 13.6 Å². The van der Waals surface area contributed by atoms with Gasteiger partial charge in [0.25, 0.3) is 5.91 Å². The van der Waals surface area contributed by atoms with E-state index in [-0.39, 0.29) is 30.4 Å². The van der Waals surface area contributed by atoms with Crippen LogP contribution in [0.4, 0.5) is 0 Å². The van der Waals surface area contributed by atoms with Crippen molar-refractivity contribution in [3.8, 4) is 11.5 Å². The predicted octanol–water partition coefficient (Wildman–Crippen LogP) is 4.30. The monoisotopic (exact) mass is 490 g/mol. The summed E-state index contributed by atoms with van der Waals surface area (Å²) in [7, 11) is 3.14. The van der Waals surface area contributed by atoms with Crippen molar-refractivity contribution in [2.24, 2.45) is 0 Å². The van der Waals surface area contributed by atoms with Gasteiger partial charge in [-0.05, 0) is 63.7 Å². The topological polar surface area (TPSA) is 67.9 Å². The lowest BCUT2D eigenvalue weighted by molar-refractivity contribution is -0.142. The molecule has 2 aromatic rings. The van der Waals surface area contributed by atoms with Crippen molar-refractivity contribution >= 4 is 27.7 Å².